The summed E-state index contributed by atoms with van der Waals surface area (Å²) in [7, 11) is 1.80. The second-order valence-corrected chi connectivity index (χ2v) is 4.59. The number of aromatic nitrogens is 2. The predicted molar refractivity (Wildman–Crippen MR) is 76.6 cm³/mol. The number of amides is 1. The van der Waals surface area contributed by atoms with Crippen LogP contribution in [0.25, 0.3) is 0 Å². The highest BCUT2D eigenvalue weighted by atomic mass is 16.6. The highest BCUT2D eigenvalue weighted by Gasteiger charge is 2.15. The van der Waals surface area contributed by atoms with Crippen LogP contribution in [0.5, 0.6) is 0 Å². The molecule has 0 spiro atoms. The third kappa shape index (κ3) is 2.99. The zero-order valence-corrected chi connectivity index (χ0v) is 11.7. The van der Waals surface area contributed by atoms with Crippen LogP contribution in [-0.2, 0) is 13.6 Å². The van der Waals surface area contributed by atoms with Gasteiger partial charge in [-0.25, -0.2) is 0 Å². The fourth-order valence-electron chi connectivity index (χ4n) is 1.84. The average Bonchev–Trinajstić information content (AvgIpc) is 2.76. The van der Waals surface area contributed by atoms with E-state index < -0.39 is 10.8 Å². The van der Waals surface area contributed by atoms with Crippen LogP contribution in [0.3, 0.4) is 0 Å². The number of nitrogens with two attached hydrogens (primary N) is 1. The normalized spacial score (nSPS) is 10.4. The lowest BCUT2D eigenvalue weighted by Crippen LogP contribution is -2.24. The first-order chi connectivity index (χ1) is 9.90. The van der Waals surface area contributed by atoms with Gasteiger partial charge in [-0.2, -0.15) is 5.10 Å². The minimum atomic E-state index is -0.568. The maximum absolute atomic E-state index is 12.1. The van der Waals surface area contributed by atoms with Crippen molar-refractivity contribution in [2.24, 2.45) is 7.05 Å². The quantitative estimate of drug-likeness (QED) is 0.497. The first kappa shape index (κ1) is 14.5. The lowest BCUT2D eigenvalue weighted by atomic mass is 10.1. The van der Waals surface area contributed by atoms with Crippen LogP contribution in [0.4, 0.5) is 11.4 Å². The summed E-state index contributed by atoms with van der Waals surface area (Å²) >= 11 is 0. The Morgan fingerprint density at radius 1 is 1.52 bits per heavy atom. The molecule has 0 aliphatic rings. The van der Waals surface area contributed by atoms with E-state index in [0.29, 0.717) is 0 Å². The molecular formula is C13H15N5O3. The number of hydrogen-bond acceptors (Lipinski definition) is 5. The molecule has 8 nitrogen and oxygen atoms in total. The van der Waals surface area contributed by atoms with Crippen molar-refractivity contribution in [3.05, 3.63) is 51.3 Å². The fraction of sp³-hybridized carbons (Fsp3) is 0.231. The highest BCUT2D eigenvalue weighted by Crippen LogP contribution is 2.19. The molecule has 1 aromatic carbocycles. The molecule has 8 heteroatoms. The van der Waals surface area contributed by atoms with Crippen LogP contribution in [0.1, 0.15) is 21.6 Å². The molecule has 0 aliphatic heterocycles. The SMILES string of the molecule is Cc1c(CNC(=O)c2cc([N+](=O)[O-])ccc2N)cnn1C. The Morgan fingerprint density at radius 3 is 2.81 bits per heavy atom. The number of anilines is 1. The van der Waals surface area contributed by atoms with Gasteiger partial charge in [-0.3, -0.25) is 19.6 Å². The molecule has 1 aromatic heterocycles. The summed E-state index contributed by atoms with van der Waals surface area (Å²) in [6.07, 6.45) is 1.66. The number of nitrogens with zero attached hydrogens (tertiary/aromatic N) is 3. The number of benzene rings is 1. The minimum Gasteiger partial charge on any atom is -0.398 e. The van der Waals surface area contributed by atoms with E-state index in [1.165, 1.54) is 18.2 Å². The lowest BCUT2D eigenvalue weighted by Gasteiger charge is -2.07. The Labute approximate surface area is 120 Å². The minimum absolute atomic E-state index is 0.0887. The van der Waals surface area contributed by atoms with Crippen molar-refractivity contribution in [2.75, 3.05) is 5.73 Å². The van der Waals surface area contributed by atoms with Gasteiger partial charge in [0.25, 0.3) is 11.6 Å². The van der Waals surface area contributed by atoms with E-state index in [-0.39, 0.29) is 23.5 Å². The van der Waals surface area contributed by atoms with Crippen LogP contribution in [0.2, 0.25) is 0 Å². The second-order valence-electron chi connectivity index (χ2n) is 4.59. The Morgan fingerprint density at radius 2 is 2.24 bits per heavy atom. The van der Waals surface area contributed by atoms with E-state index in [9.17, 15) is 14.9 Å². The number of nitrogen functional groups attached to an aromatic ring is 1. The zero-order valence-electron chi connectivity index (χ0n) is 11.7. The zero-order chi connectivity index (χ0) is 15.6. The molecule has 0 saturated heterocycles. The summed E-state index contributed by atoms with van der Waals surface area (Å²) in [5, 5.41) is 17.5. The maximum atomic E-state index is 12.1. The predicted octanol–water partition coefficient (Wildman–Crippen LogP) is 1.15. The maximum Gasteiger partial charge on any atom is 0.270 e. The van der Waals surface area contributed by atoms with Gasteiger partial charge in [-0.05, 0) is 13.0 Å². The third-order valence-corrected chi connectivity index (χ3v) is 3.27. The van der Waals surface area contributed by atoms with Gasteiger partial charge in [-0.15, -0.1) is 0 Å². The molecular weight excluding hydrogens is 274 g/mol. The molecule has 21 heavy (non-hydrogen) atoms. The van der Waals surface area contributed by atoms with Crippen molar-refractivity contribution < 1.29 is 9.72 Å². The van der Waals surface area contributed by atoms with Gasteiger partial charge in [0.1, 0.15) is 0 Å². The summed E-state index contributed by atoms with van der Waals surface area (Å²) in [5.74, 6) is -0.459. The Kier molecular flexibility index (Phi) is 3.88. The number of non-ortho nitro benzene ring substituents is 1. The topological polar surface area (TPSA) is 116 Å². The molecule has 2 aromatic rings. The van der Waals surface area contributed by atoms with Crippen LogP contribution in [-0.4, -0.2) is 20.6 Å². The van der Waals surface area contributed by atoms with Gasteiger partial charge < -0.3 is 11.1 Å². The van der Waals surface area contributed by atoms with Gasteiger partial charge in [0.15, 0.2) is 0 Å². The van der Waals surface area contributed by atoms with Gasteiger partial charge in [0.2, 0.25) is 0 Å². The fourth-order valence-corrected chi connectivity index (χ4v) is 1.84. The molecule has 1 heterocycles. The number of nitrogens with one attached hydrogen (secondary N) is 1. The molecule has 3 N–H and O–H groups in total. The number of nitro benzene ring substituents is 1. The van der Waals surface area contributed by atoms with Crippen LogP contribution >= 0.6 is 0 Å². The van der Waals surface area contributed by atoms with E-state index in [0.717, 1.165) is 11.3 Å². The number of carbonyl (C=O) groups is 1. The molecule has 0 aliphatic carbocycles. The van der Waals surface area contributed by atoms with Gasteiger partial charge in [0.05, 0.1) is 16.7 Å². The van der Waals surface area contributed by atoms with Gasteiger partial charge in [-0.1, -0.05) is 0 Å². The van der Waals surface area contributed by atoms with Crippen LogP contribution < -0.4 is 11.1 Å². The summed E-state index contributed by atoms with van der Waals surface area (Å²) in [6.45, 7) is 2.16. The molecule has 2 rings (SSSR count). The lowest BCUT2D eigenvalue weighted by molar-refractivity contribution is -0.384. The number of rotatable bonds is 4. The van der Waals surface area contributed by atoms with Crippen molar-refractivity contribution in [1.82, 2.24) is 15.1 Å². The van der Waals surface area contributed by atoms with Crippen molar-refractivity contribution >= 4 is 17.3 Å². The van der Waals surface area contributed by atoms with E-state index in [4.69, 9.17) is 5.73 Å². The average molecular weight is 289 g/mol. The van der Waals surface area contributed by atoms with Crippen molar-refractivity contribution in [3.8, 4) is 0 Å². The molecule has 0 saturated carbocycles. The van der Waals surface area contributed by atoms with Crippen LogP contribution in [0, 0.1) is 17.0 Å². The number of hydrogen-bond donors (Lipinski definition) is 2. The van der Waals surface area contributed by atoms with Gasteiger partial charge >= 0.3 is 0 Å². The highest BCUT2D eigenvalue weighted by molar-refractivity contribution is 5.99. The largest absolute Gasteiger partial charge is 0.398 e. The first-order valence-electron chi connectivity index (χ1n) is 6.19. The van der Waals surface area contributed by atoms with Gasteiger partial charge in [0, 0.05) is 42.7 Å². The van der Waals surface area contributed by atoms with E-state index in [1.54, 1.807) is 17.9 Å². The Hall–Kier alpha value is -2.90. The summed E-state index contributed by atoms with van der Waals surface area (Å²) < 4.78 is 1.70. The van der Waals surface area contributed by atoms with Crippen molar-refractivity contribution in [3.63, 3.8) is 0 Å². The summed E-state index contributed by atoms with van der Waals surface area (Å²) in [6, 6.07) is 3.78. The molecule has 1 amide bonds. The summed E-state index contributed by atoms with van der Waals surface area (Å²) in [5.41, 5.74) is 7.61. The van der Waals surface area contributed by atoms with Crippen molar-refractivity contribution in [1.29, 1.82) is 0 Å². The Bertz CT molecular complexity index is 708. The Balaban J connectivity index is 2.15. The number of aryl methyl sites for hydroxylation is 1. The number of carbonyl (C=O) groups excluding carboxylic acids is 1. The number of nitro groups is 1. The monoisotopic (exact) mass is 289 g/mol. The van der Waals surface area contributed by atoms with Crippen LogP contribution in [0.15, 0.2) is 24.4 Å². The molecule has 0 bridgehead atoms. The molecule has 110 valence electrons. The summed E-state index contributed by atoms with van der Waals surface area (Å²) in [4.78, 5) is 22.3. The van der Waals surface area contributed by atoms with E-state index in [2.05, 4.69) is 10.4 Å². The van der Waals surface area contributed by atoms with E-state index >= 15 is 0 Å². The smallest absolute Gasteiger partial charge is 0.270 e. The standard InChI is InChI=1S/C13H15N5O3/c1-8-9(7-16-17(8)2)6-15-13(19)11-5-10(18(20)21)3-4-12(11)14/h3-5,7H,6,14H2,1-2H3,(H,15,19). The van der Waals surface area contributed by atoms with E-state index in [1.807, 2.05) is 6.92 Å². The van der Waals surface area contributed by atoms with Crippen molar-refractivity contribution in [2.45, 2.75) is 13.5 Å². The first-order valence-corrected chi connectivity index (χ1v) is 6.19. The molecule has 0 fully saturated rings. The molecule has 0 atom stereocenters. The molecule has 0 radical (unpaired) electrons. The second kappa shape index (κ2) is 5.61. The third-order valence-electron chi connectivity index (χ3n) is 3.27. The molecule has 0 unspecified atom stereocenters.